The van der Waals surface area contributed by atoms with Crippen LogP contribution >= 0.6 is 11.3 Å². The van der Waals surface area contributed by atoms with Crippen LogP contribution in [0.5, 0.6) is 5.75 Å². The lowest BCUT2D eigenvalue weighted by Crippen LogP contribution is -2.36. The number of fused-ring (bicyclic) bond motifs is 3. The van der Waals surface area contributed by atoms with Gasteiger partial charge in [-0.25, -0.2) is 0 Å². The van der Waals surface area contributed by atoms with Gasteiger partial charge < -0.3 is 19.1 Å². The van der Waals surface area contributed by atoms with Gasteiger partial charge in [0.1, 0.15) is 10.3 Å². The zero-order valence-electron chi connectivity index (χ0n) is 20.1. The molecular weight excluding hydrogens is 460 g/mol. The summed E-state index contributed by atoms with van der Waals surface area (Å²) in [6.45, 7) is 7.83. The maximum atomic E-state index is 13.8. The Morgan fingerprint density at radius 2 is 1.80 bits per heavy atom. The Kier molecular flexibility index (Phi) is 8.64. The molecule has 0 aliphatic heterocycles. The molecule has 35 heavy (non-hydrogen) atoms. The van der Waals surface area contributed by atoms with Crippen molar-refractivity contribution in [3.8, 4) is 5.75 Å². The van der Waals surface area contributed by atoms with E-state index in [9.17, 15) is 9.59 Å². The minimum Gasteiger partial charge on any atom is -0.494 e. The van der Waals surface area contributed by atoms with Crippen molar-refractivity contribution in [2.45, 2.75) is 27.8 Å². The van der Waals surface area contributed by atoms with E-state index in [-0.39, 0.29) is 18.9 Å². The second-order valence-corrected chi connectivity index (χ2v) is 9.17. The molecule has 0 fully saturated rings. The van der Waals surface area contributed by atoms with Crippen molar-refractivity contribution in [1.82, 2.24) is 19.4 Å². The number of para-hydroxylation sites is 1. The Labute approximate surface area is 210 Å². The van der Waals surface area contributed by atoms with Gasteiger partial charge in [-0.2, -0.15) is 0 Å². The number of nitrogens with zero attached hydrogens (tertiary/aromatic N) is 4. The van der Waals surface area contributed by atoms with Crippen molar-refractivity contribution >= 4 is 38.2 Å². The van der Waals surface area contributed by atoms with Gasteiger partial charge >= 0.3 is 0 Å². The maximum Gasteiger partial charge on any atom is 0.267 e. The van der Waals surface area contributed by atoms with Crippen LogP contribution in [0.2, 0.25) is 0 Å². The highest BCUT2D eigenvalue weighted by atomic mass is 32.1. The van der Waals surface area contributed by atoms with E-state index in [1.54, 1.807) is 22.7 Å². The summed E-state index contributed by atoms with van der Waals surface area (Å²) in [5, 5.41) is 1.36. The van der Waals surface area contributed by atoms with Crippen LogP contribution in [0.1, 0.15) is 36.6 Å². The fraction of sp³-hybridized carbons (Fsp3) is 0.370. The average Bonchev–Trinajstić information content (AvgIpc) is 3.27. The van der Waals surface area contributed by atoms with E-state index in [4.69, 9.17) is 4.74 Å². The van der Waals surface area contributed by atoms with Crippen molar-refractivity contribution in [2.75, 3.05) is 40.3 Å². The average molecular weight is 495 g/mol. The fourth-order valence-corrected chi connectivity index (χ4v) is 5.49. The van der Waals surface area contributed by atoms with Gasteiger partial charge in [-0.3, -0.25) is 14.6 Å². The number of aromatic nitrogens is 2. The summed E-state index contributed by atoms with van der Waals surface area (Å²) in [5.41, 5.74) is 1.41. The fourth-order valence-electron chi connectivity index (χ4n) is 4.20. The quantitative estimate of drug-likeness (QED) is 0.337. The molecule has 0 saturated heterocycles. The zero-order chi connectivity index (χ0) is 24.2. The minimum atomic E-state index is -0.183. The molecular formula is C27H34N4O3S. The molecule has 7 nitrogen and oxygen atoms in total. The second-order valence-electron chi connectivity index (χ2n) is 8.15. The number of hydrogen-bond acceptors (Lipinski definition) is 6. The maximum absolute atomic E-state index is 13.8. The highest BCUT2D eigenvalue weighted by Gasteiger charge is 2.26. The van der Waals surface area contributed by atoms with Crippen LogP contribution in [0.25, 0.3) is 21.0 Å². The van der Waals surface area contributed by atoms with E-state index in [1.807, 2.05) is 42.5 Å². The summed E-state index contributed by atoms with van der Waals surface area (Å²) in [6.07, 6.45) is 1.72. The monoisotopic (exact) mass is 494 g/mol. The molecule has 0 saturated carbocycles. The summed E-state index contributed by atoms with van der Waals surface area (Å²) < 4.78 is 8.19. The Morgan fingerprint density at radius 1 is 1.09 bits per heavy atom. The van der Waals surface area contributed by atoms with Gasteiger partial charge in [0.25, 0.3) is 11.5 Å². The van der Waals surface area contributed by atoms with Crippen molar-refractivity contribution in [1.29, 1.82) is 0 Å². The van der Waals surface area contributed by atoms with Crippen LogP contribution in [0.15, 0.2) is 53.5 Å². The zero-order valence-corrected chi connectivity index (χ0v) is 20.9. The third kappa shape index (κ3) is 5.09. The first-order chi connectivity index (χ1) is 16.5. The van der Waals surface area contributed by atoms with Gasteiger partial charge in [0.15, 0.2) is 5.75 Å². The molecule has 0 radical (unpaired) electrons. The number of carbonyl (C=O) groups is 1. The Bertz CT molecular complexity index is 1360. The van der Waals surface area contributed by atoms with E-state index < -0.39 is 0 Å². The molecule has 1 amide bonds. The molecule has 0 aliphatic carbocycles. The van der Waals surface area contributed by atoms with Crippen molar-refractivity contribution < 1.29 is 9.53 Å². The Balaban J connectivity index is 0.00000342. The molecule has 8 heteroatoms. The topological polar surface area (TPSA) is 67.7 Å². The van der Waals surface area contributed by atoms with Gasteiger partial charge in [0, 0.05) is 31.7 Å². The standard InChI is InChI=1S/C26H30N4O3S.CH4/c1-5-29(6-2)16-15-28(3)26(32)24-22(33-4)21-23(34-24)19-12-7-8-13-20(19)30(25(21)31)17-18-11-9-10-14-27-18;/h7-14H,5-6,15-17H2,1-4H3;1H4. The van der Waals surface area contributed by atoms with Crippen molar-refractivity contribution in [3.05, 3.63) is 69.6 Å². The molecule has 4 rings (SSSR count). The predicted octanol–water partition coefficient (Wildman–Crippen LogP) is 4.72. The molecule has 3 aromatic heterocycles. The highest BCUT2D eigenvalue weighted by molar-refractivity contribution is 7.22. The minimum absolute atomic E-state index is 0. The Hall–Kier alpha value is -3.23. The van der Waals surface area contributed by atoms with Crippen molar-refractivity contribution in [2.24, 2.45) is 0 Å². The lowest BCUT2D eigenvalue weighted by atomic mass is 10.1. The van der Waals surface area contributed by atoms with Crippen LogP contribution in [-0.2, 0) is 6.54 Å². The summed E-state index contributed by atoms with van der Waals surface area (Å²) >= 11 is 1.33. The number of amides is 1. The van der Waals surface area contributed by atoms with E-state index in [0.717, 1.165) is 40.9 Å². The van der Waals surface area contributed by atoms with Gasteiger partial charge in [0.05, 0.1) is 29.6 Å². The molecule has 3 heterocycles. The second kappa shape index (κ2) is 11.5. The van der Waals surface area contributed by atoms with Crippen molar-refractivity contribution in [3.63, 3.8) is 0 Å². The first-order valence-electron chi connectivity index (χ1n) is 11.5. The predicted molar refractivity (Wildman–Crippen MR) is 145 cm³/mol. The first kappa shape index (κ1) is 26.4. The molecule has 186 valence electrons. The van der Waals surface area contributed by atoms with Crippen LogP contribution in [-0.4, -0.2) is 65.6 Å². The number of hydrogen-bond donors (Lipinski definition) is 0. The molecule has 0 unspecified atom stereocenters. The van der Waals surface area contributed by atoms with Crippen LogP contribution < -0.4 is 10.3 Å². The number of thiophene rings is 1. The number of rotatable bonds is 9. The number of likely N-dealkylation sites (N-methyl/N-ethyl adjacent to an activating group) is 2. The Morgan fingerprint density at radius 3 is 2.46 bits per heavy atom. The number of benzene rings is 1. The van der Waals surface area contributed by atoms with Crippen LogP contribution in [0.4, 0.5) is 0 Å². The summed E-state index contributed by atoms with van der Waals surface area (Å²) in [5.74, 6) is 0.218. The number of pyridine rings is 2. The number of carbonyl (C=O) groups excluding carboxylic acids is 1. The molecule has 0 N–H and O–H groups in total. The van der Waals surface area contributed by atoms with Gasteiger partial charge in [-0.05, 0) is 31.3 Å². The smallest absolute Gasteiger partial charge is 0.267 e. The SMILES string of the molecule is C.CCN(CC)CCN(C)C(=O)c1sc2c(c1OC)c(=O)n(Cc1ccccn1)c1ccccc21. The first-order valence-corrected chi connectivity index (χ1v) is 12.3. The van der Waals surface area contributed by atoms with E-state index in [1.165, 1.54) is 18.4 Å². The van der Waals surface area contributed by atoms with Gasteiger partial charge in [-0.1, -0.05) is 45.5 Å². The normalized spacial score (nSPS) is 11.1. The lowest BCUT2D eigenvalue weighted by Gasteiger charge is -2.23. The van der Waals surface area contributed by atoms with Crippen LogP contribution in [0, 0.1) is 0 Å². The molecule has 0 bridgehead atoms. The molecule has 1 aromatic carbocycles. The highest BCUT2D eigenvalue weighted by Crippen LogP contribution is 2.40. The summed E-state index contributed by atoms with van der Waals surface area (Å²) in [4.78, 5) is 36.0. The largest absolute Gasteiger partial charge is 0.494 e. The van der Waals surface area contributed by atoms with Crippen LogP contribution in [0.3, 0.4) is 0 Å². The molecule has 4 aromatic rings. The van der Waals surface area contributed by atoms with Gasteiger partial charge in [0.2, 0.25) is 0 Å². The summed E-state index contributed by atoms with van der Waals surface area (Å²) in [7, 11) is 3.32. The van der Waals surface area contributed by atoms with E-state index in [2.05, 4.69) is 23.7 Å². The van der Waals surface area contributed by atoms with Gasteiger partial charge in [-0.15, -0.1) is 11.3 Å². The molecule has 0 atom stereocenters. The third-order valence-corrected chi connectivity index (χ3v) is 7.39. The summed E-state index contributed by atoms with van der Waals surface area (Å²) in [6, 6.07) is 13.4. The third-order valence-electron chi connectivity index (χ3n) is 6.20. The lowest BCUT2D eigenvalue weighted by molar-refractivity contribution is 0.0781. The number of ether oxygens (including phenoxy) is 1. The number of methoxy groups -OCH3 is 1. The molecule has 0 spiro atoms. The molecule has 0 aliphatic rings. The van der Waals surface area contributed by atoms with E-state index >= 15 is 0 Å². The van der Waals surface area contributed by atoms with E-state index in [0.29, 0.717) is 29.1 Å².